The molecule has 0 unspecified atom stereocenters. The van der Waals surface area contributed by atoms with Crippen LogP contribution in [-0.2, 0) is 28.4 Å². The van der Waals surface area contributed by atoms with Crippen molar-refractivity contribution in [3.8, 4) is 34.5 Å². The first-order chi connectivity index (χ1) is 71.5. The number of hydrogen-bond donors (Lipinski definition) is 6. The molecule has 6 aromatic rings. The molecule has 150 heavy (non-hydrogen) atoms. The van der Waals surface area contributed by atoms with E-state index in [1.54, 1.807) is 109 Å². The first-order valence-corrected chi connectivity index (χ1v) is 56.1. The van der Waals surface area contributed by atoms with Gasteiger partial charge in [-0.25, -0.2) is 28.8 Å². The lowest BCUT2D eigenvalue weighted by molar-refractivity contribution is 0.0320. The van der Waals surface area contributed by atoms with E-state index in [9.17, 15) is 28.8 Å². The monoisotopic (exact) mass is 2100 g/mol. The molecular weight excluding hydrogens is 1900 g/mol. The zero-order valence-corrected chi connectivity index (χ0v) is 98.3. The molecule has 0 spiro atoms. The molecule has 0 bridgehead atoms. The fraction of sp³-hybridized carbons (Fsp3) is 0.650. The lowest BCUT2D eigenvalue weighted by Crippen LogP contribution is -2.40. The van der Waals surface area contributed by atoms with Crippen molar-refractivity contribution in [2.24, 2.45) is 35.5 Å². The lowest BCUT2D eigenvalue weighted by atomic mass is 10.0. The van der Waals surface area contributed by atoms with Gasteiger partial charge in [-0.05, 0) is 283 Å². The predicted molar refractivity (Wildman–Crippen MR) is 619 cm³/mol. The molecule has 0 heterocycles. The number of carbonyl (C=O) groups excluding carboxylic acids is 6. The maximum absolute atomic E-state index is 12.6. The maximum Gasteiger partial charge on any atom is 0.341 e. The minimum Gasteiger partial charge on any atom is -0.493 e. The number of unbranched alkanes of at least 4 members (excludes halogenated alkanes) is 2. The molecule has 0 saturated carbocycles. The molecule has 0 aliphatic heterocycles. The molecule has 6 aromatic carbocycles. The predicted octanol–water partition coefficient (Wildman–Crippen LogP) is 23.8. The van der Waals surface area contributed by atoms with E-state index < -0.39 is 0 Å². The normalized spacial score (nSPS) is 12.4. The van der Waals surface area contributed by atoms with Gasteiger partial charge in [-0.2, -0.15) is 0 Å². The van der Waals surface area contributed by atoms with Gasteiger partial charge in [0.25, 0.3) is 0 Å². The van der Waals surface area contributed by atoms with Crippen molar-refractivity contribution in [1.29, 1.82) is 0 Å². The van der Waals surface area contributed by atoms with Crippen molar-refractivity contribution in [1.82, 2.24) is 29.4 Å². The Morgan fingerprint density at radius 1 is 0.227 bits per heavy atom. The van der Waals surface area contributed by atoms with E-state index in [0.717, 1.165) is 156 Å². The largest absolute Gasteiger partial charge is 0.493 e. The Bertz CT molecular complexity index is 4650. The summed E-state index contributed by atoms with van der Waals surface area (Å²) in [5, 5.41) is 0. The van der Waals surface area contributed by atoms with E-state index >= 15 is 0 Å². The van der Waals surface area contributed by atoms with Crippen molar-refractivity contribution >= 4 is 69.9 Å². The average molecular weight is 2100 g/mol. The third kappa shape index (κ3) is 54.2. The molecule has 0 fully saturated rings. The number of nitrogen functional groups attached to an aromatic ring is 6. The van der Waals surface area contributed by atoms with Gasteiger partial charge < -0.3 is 91.2 Å². The van der Waals surface area contributed by atoms with Crippen molar-refractivity contribution < 1.29 is 85.6 Å². The van der Waals surface area contributed by atoms with E-state index in [-0.39, 0.29) is 72.1 Å². The quantitative estimate of drug-likeness (QED) is 0.00894. The summed E-state index contributed by atoms with van der Waals surface area (Å²) < 4.78 is 67.3. The highest BCUT2D eigenvalue weighted by Gasteiger charge is 2.30. The van der Waals surface area contributed by atoms with Crippen LogP contribution in [0.5, 0.6) is 34.5 Å². The van der Waals surface area contributed by atoms with E-state index in [1.165, 1.54) is 0 Å². The summed E-state index contributed by atoms with van der Waals surface area (Å²) in [5.74, 6) is 4.32. The third-order valence-corrected chi connectivity index (χ3v) is 25.3. The van der Waals surface area contributed by atoms with Crippen LogP contribution in [0.1, 0.15) is 347 Å². The number of anilines is 6. The van der Waals surface area contributed by atoms with Gasteiger partial charge in [-0.15, -0.1) is 0 Å². The van der Waals surface area contributed by atoms with Gasteiger partial charge in [0.2, 0.25) is 0 Å². The maximum atomic E-state index is 12.6. The minimum absolute atomic E-state index is 0.229. The molecule has 30 heteroatoms. The Morgan fingerprint density at radius 2 is 0.420 bits per heavy atom. The molecule has 6 atom stereocenters. The van der Waals surface area contributed by atoms with Gasteiger partial charge in [0.05, 0.1) is 73.4 Å². The highest BCUT2D eigenvalue weighted by atomic mass is 16.6. The molecule has 0 amide bonds. The molecule has 12 N–H and O–H groups in total. The van der Waals surface area contributed by atoms with Crippen LogP contribution in [0.25, 0.3) is 0 Å². The molecule has 0 aliphatic rings. The van der Waals surface area contributed by atoms with Gasteiger partial charge in [-0.3, -0.25) is 29.4 Å². The summed E-state index contributed by atoms with van der Waals surface area (Å²) in [6.07, 6.45) is 11.7. The molecular formula is C120H204N12O18. The molecule has 0 radical (unpaired) electrons. The van der Waals surface area contributed by atoms with Crippen molar-refractivity contribution in [3.05, 3.63) is 143 Å². The van der Waals surface area contributed by atoms with Crippen LogP contribution in [0, 0.1) is 35.5 Å². The molecule has 0 saturated heterocycles. The lowest BCUT2D eigenvalue weighted by Gasteiger charge is -2.30. The standard InChI is InChI=1S/2C21H36N2O3.2C20H34N2O3.2C19H32N2O3/c1-6-9-12-25-20-14-17(22)10-11-19(20)21(24)26-15-18(13-16(4)5)23(7-2)8-3;1-6-9-12-25-20-14-17(10-11-19(20)22)21(24)26-15-18(13-16(4)5)23(7-2)8-3;1-6-11-24-19-13-16(21)9-10-18(19)20(23)25-14-17(12-15(4)5)22(7-2)8-3;1-6-11-24-19-13-16(9-10-18(19)21)20(23)25-14-17(12-15(4)5)22(7-2)8-3;1-6-21(7-2)16(11-14(4)5)13-24-19(22)17-10-9-15(20)12-18(17)23-8-3;1-6-21(7-2)16(11-14(4)5)13-24-19(22)15-9-10-17(20)18(12-15)23-8-3/h2*10-11,14,16,18H,6-9,12-13,15,22H2,1-5H3;2*9-10,13,15,17H,6-8,11-12,14,21H2,1-5H3;2*9-10,12,14,16H,6-8,11,13,20H2,1-5H3/t2*18-;2*17-;2*16-/m000000/s1. The number of esters is 6. The molecule has 0 aliphatic carbocycles. The summed E-state index contributed by atoms with van der Waals surface area (Å²) in [6.45, 7) is 80.8. The zero-order chi connectivity index (χ0) is 113. The second-order valence-electron chi connectivity index (χ2n) is 40.1. The molecule has 6 rings (SSSR count). The molecule has 852 valence electrons. The smallest absolute Gasteiger partial charge is 0.341 e. The van der Waals surface area contributed by atoms with Gasteiger partial charge >= 0.3 is 35.8 Å². The number of ether oxygens (including phenoxy) is 12. The number of nitrogens with zero attached hydrogens (tertiary/aromatic N) is 6. The number of rotatable bonds is 66. The summed E-state index contributed by atoms with van der Waals surface area (Å²) in [7, 11) is 0. The zero-order valence-electron chi connectivity index (χ0n) is 98.3. The summed E-state index contributed by atoms with van der Waals surface area (Å²) >= 11 is 0. The Labute approximate surface area is 905 Å². The SMILES string of the molecule is CCCCOc1cc(C(=O)OC[C@H](CC(C)C)N(CC)CC)ccc1N.CCCCOc1cc(N)ccc1C(=O)OC[C@H](CC(C)C)N(CC)CC.CCCOc1cc(C(=O)OC[C@H](CC(C)C)N(CC)CC)ccc1N.CCCOc1cc(N)ccc1C(=O)OC[C@H](CC(C)C)N(CC)CC.CCOc1cc(C(=O)OC[C@H](CC(C)C)N(CC)CC)ccc1N.CCOc1cc(N)ccc1C(=O)OC[C@H](CC(C)C)N(CC)CC. The molecule has 30 nitrogen and oxygen atoms in total. The number of benzene rings is 6. The van der Waals surface area contributed by atoms with Gasteiger partial charge in [0.15, 0.2) is 0 Å². The van der Waals surface area contributed by atoms with E-state index in [1.807, 2.05) is 27.7 Å². The van der Waals surface area contributed by atoms with Gasteiger partial charge in [0, 0.05) is 71.5 Å². The number of hydrogen-bond acceptors (Lipinski definition) is 30. The van der Waals surface area contributed by atoms with Crippen LogP contribution in [0.3, 0.4) is 0 Å². The van der Waals surface area contributed by atoms with Gasteiger partial charge in [0.1, 0.15) is 90.8 Å². The van der Waals surface area contributed by atoms with Crippen LogP contribution in [0.4, 0.5) is 34.1 Å². The van der Waals surface area contributed by atoms with Crippen molar-refractivity contribution in [2.75, 3.05) is 192 Å². The van der Waals surface area contributed by atoms with Crippen LogP contribution >= 0.6 is 0 Å². The van der Waals surface area contributed by atoms with Crippen molar-refractivity contribution in [2.45, 2.75) is 321 Å². The van der Waals surface area contributed by atoms with E-state index in [0.29, 0.717) is 217 Å². The van der Waals surface area contributed by atoms with Crippen molar-refractivity contribution in [3.63, 3.8) is 0 Å². The number of likely N-dealkylation sites (N-methyl/N-ethyl adjacent to an activating group) is 6. The Morgan fingerprint density at radius 3 is 0.627 bits per heavy atom. The van der Waals surface area contributed by atoms with Gasteiger partial charge in [-0.1, -0.05) is 207 Å². The number of nitrogens with two attached hydrogens (primary N) is 6. The summed E-state index contributed by atoms with van der Waals surface area (Å²) in [5.41, 5.74) is 41.2. The second kappa shape index (κ2) is 79.5. The highest BCUT2D eigenvalue weighted by molar-refractivity contribution is 5.95. The molecule has 0 aromatic heterocycles. The van der Waals surface area contributed by atoms with Crippen LogP contribution in [0.15, 0.2) is 109 Å². The fourth-order valence-corrected chi connectivity index (χ4v) is 17.4. The topological polar surface area (TPSA) is 389 Å². The number of carbonyl (C=O) groups is 6. The van der Waals surface area contributed by atoms with Crippen LogP contribution in [-0.4, -0.2) is 259 Å². The third-order valence-electron chi connectivity index (χ3n) is 25.3. The first kappa shape index (κ1) is 138. The average Bonchev–Trinajstić information content (AvgIpc) is 1.13. The summed E-state index contributed by atoms with van der Waals surface area (Å²) in [4.78, 5) is 89.0. The fourth-order valence-electron chi connectivity index (χ4n) is 17.4. The van der Waals surface area contributed by atoms with E-state index in [2.05, 4.69) is 209 Å². The Balaban J connectivity index is 0.000000900. The Kier molecular flexibility index (Phi) is 72.9. The summed E-state index contributed by atoms with van der Waals surface area (Å²) in [6, 6.07) is 31.7. The van der Waals surface area contributed by atoms with Crippen LogP contribution < -0.4 is 62.8 Å². The first-order valence-electron chi connectivity index (χ1n) is 56.1. The second-order valence-corrected chi connectivity index (χ2v) is 40.1. The highest BCUT2D eigenvalue weighted by Crippen LogP contribution is 2.32. The van der Waals surface area contributed by atoms with E-state index in [4.69, 9.17) is 91.2 Å². The Hall–Kier alpha value is -10.5. The van der Waals surface area contributed by atoms with Crippen LogP contribution in [0.2, 0.25) is 0 Å². The minimum atomic E-state index is -0.362.